The van der Waals surface area contributed by atoms with E-state index in [9.17, 15) is 0 Å². The molecule has 82 valence electrons. The molecule has 1 heterocycles. The van der Waals surface area contributed by atoms with Gasteiger partial charge in [-0.1, -0.05) is 15.9 Å². The summed E-state index contributed by atoms with van der Waals surface area (Å²) < 4.78 is 2.06. The number of aryl methyl sites for hydroxylation is 1. The Morgan fingerprint density at radius 3 is 2.50 bits per heavy atom. The topological polar surface area (TPSA) is 37.8 Å². The Labute approximate surface area is 116 Å². The molecule has 0 aliphatic heterocycles. The maximum atomic E-state index is 4.19. The molecule has 2 aromatic rings. The van der Waals surface area contributed by atoms with Crippen LogP contribution >= 0.6 is 38.5 Å². The molecule has 0 saturated carbocycles. The van der Waals surface area contributed by atoms with Crippen molar-refractivity contribution in [1.82, 2.24) is 9.97 Å². The Morgan fingerprint density at radius 1 is 1.19 bits per heavy atom. The molecule has 0 radical (unpaired) electrons. The van der Waals surface area contributed by atoms with Crippen LogP contribution in [0, 0.1) is 10.5 Å². The number of halogens is 2. The van der Waals surface area contributed by atoms with Gasteiger partial charge in [0.25, 0.3) is 0 Å². The van der Waals surface area contributed by atoms with Crippen molar-refractivity contribution in [3.05, 3.63) is 44.2 Å². The third-order valence-electron chi connectivity index (χ3n) is 1.92. The first-order chi connectivity index (χ1) is 7.63. The predicted molar refractivity (Wildman–Crippen MR) is 76.9 cm³/mol. The summed E-state index contributed by atoms with van der Waals surface area (Å²) in [6.45, 7) is 2.05. The average Bonchev–Trinajstić information content (AvgIpc) is 2.20. The predicted octanol–water partition coefficient (Wildman–Crippen LogP) is 3.90. The van der Waals surface area contributed by atoms with E-state index in [1.165, 1.54) is 5.56 Å². The summed E-state index contributed by atoms with van der Waals surface area (Å²) >= 11 is 5.63. The maximum absolute atomic E-state index is 4.19. The minimum absolute atomic E-state index is 0.609. The van der Waals surface area contributed by atoms with Crippen LogP contribution in [0.1, 0.15) is 5.56 Å². The number of aromatic nitrogens is 2. The van der Waals surface area contributed by atoms with Gasteiger partial charge in [-0.05, 0) is 53.3 Å². The van der Waals surface area contributed by atoms with Crippen molar-refractivity contribution < 1.29 is 0 Å². The summed E-state index contributed by atoms with van der Waals surface area (Å²) in [5, 5.41) is 3.16. The molecule has 0 unspecified atom stereocenters. The summed E-state index contributed by atoms with van der Waals surface area (Å²) in [6.07, 6.45) is 3.56. The largest absolute Gasteiger partial charge is 0.324 e. The summed E-state index contributed by atoms with van der Waals surface area (Å²) in [4.78, 5) is 8.38. The van der Waals surface area contributed by atoms with Gasteiger partial charge in [-0.3, -0.25) is 0 Å². The second kappa shape index (κ2) is 5.09. The maximum Gasteiger partial charge on any atom is 0.227 e. The Bertz CT molecular complexity index is 479. The number of hydrogen-bond donors (Lipinski definition) is 1. The fraction of sp³-hybridized carbons (Fsp3) is 0.0909. The van der Waals surface area contributed by atoms with Gasteiger partial charge in [-0.2, -0.15) is 0 Å². The highest BCUT2D eigenvalue weighted by atomic mass is 127. The highest BCUT2D eigenvalue weighted by molar-refractivity contribution is 14.1. The zero-order valence-corrected chi connectivity index (χ0v) is 12.3. The van der Waals surface area contributed by atoms with Crippen LogP contribution in [0.4, 0.5) is 11.6 Å². The van der Waals surface area contributed by atoms with Crippen molar-refractivity contribution >= 4 is 50.2 Å². The lowest BCUT2D eigenvalue weighted by Gasteiger charge is -2.06. The zero-order chi connectivity index (χ0) is 11.5. The SMILES string of the molecule is Cc1cc(Br)cc(Nc2ncc(I)cn2)c1. The van der Waals surface area contributed by atoms with Crippen LogP contribution in [0.15, 0.2) is 35.1 Å². The standard InChI is InChI=1S/C11H9BrIN3/c1-7-2-8(12)4-10(3-7)16-11-14-5-9(13)6-15-11/h2-6H,1H3,(H,14,15,16). The van der Waals surface area contributed by atoms with Gasteiger partial charge in [0.15, 0.2) is 0 Å². The van der Waals surface area contributed by atoms with Crippen LogP contribution in [0.25, 0.3) is 0 Å². The Balaban J connectivity index is 2.23. The average molecular weight is 390 g/mol. The van der Waals surface area contributed by atoms with E-state index in [0.29, 0.717) is 5.95 Å². The molecule has 0 atom stereocenters. The molecule has 0 bridgehead atoms. The fourth-order valence-electron chi connectivity index (χ4n) is 1.31. The number of nitrogens with one attached hydrogen (secondary N) is 1. The van der Waals surface area contributed by atoms with E-state index >= 15 is 0 Å². The second-order valence-electron chi connectivity index (χ2n) is 3.37. The number of anilines is 2. The first-order valence-corrected chi connectivity index (χ1v) is 6.52. The highest BCUT2D eigenvalue weighted by Crippen LogP contribution is 2.21. The zero-order valence-electron chi connectivity index (χ0n) is 8.54. The van der Waals surface area contributed by atoms with Crippen molar-refractivity contribution in [3.8, 4) is 0 Å². The molecule has 2 rings (SSSR count). The third kappa shape index (κ3) is 3.15. The molecule has 0 fully saturated rings. The van der Waals surface area contributed by atoms with Crippen LogP contribution in [-0.4, -0.2) is 9.97 Å². The Kier molecular flexibility index (Phi) is 3.75. The lowest BCUT2D eigenvalue weighted by Crippen LogP contribution is -1.97. The monoisotopic (exact) mass is 389 g/mol. The molecule has 0 aliphatic carbocycles. The molecule has 5 heteroatoms. The molecular formula is C11H9BrIN3. The van der Waals surface area contributed by atoms with Gasteiger partial charge in [0.1, 0.15) is 0 Å². The lowest BCUT2D eigenvalue weighted by molar-refractivity contribution is 1.15. The smallest absolute Gasteiger partial charge is 0.227 e. The lowest BCUT2D eigenvalue weighted by atomic mass is 10.2. The van der Waals surface area contributed by atoms with Crippen LogP contribution in [0.3, 0.4) is 0 Å². The summed E-state index contributed by atoms with van der Waals surface area (Å²) in [5.74, 6) is 0.609. The number of nitrogens with zero attached hydrogens (tertiary/aromatic N) is 2. The van der Waals surface area contributed by atoms with Crippen molar-refractivity contribution in [3.63, 3.8) is 0 Å². The fourth-order valence-corrected chi connectivity index (χ4v) is 2.20. The second-order valence-corrected chi connectivity index (χ2v) is 5.53. The molecule has 1 N–H and O–H groups in total. The minimum Gasteiger partial charge on any atom is -0.324 e. The number of rotatable bonds is 2. The normalized spacial score (nSPS) is 10.2. The molecule has 0 amide bonds. The van der Waals surface area contributed by atoms with Crippen LogP contribution in [0.5, 0.6) is 0 Å². The molecule has 1 aromatic heterocycles. The van der Waals surface area contributed by atoms with E-state index in [1.54, 1.807) is 12.4 Å². The van der Waals surface area contributed by atoms with Crippen molar-refractivity contribution in [2.75, 3.05) is 5.32 Å². The van der Waals surface area contributed by atoms with Crippen molar-refractivity contribution in [1.29, 1.82) is 0 Å². The molecule has 0 saturated heterocycles. The van der Waals surface area contributed by atoms with E-state index in [-0.39, 0.29) is 0 Å². The molecule has 0 spiro atoms. The molecule has 0 aliphatic rings. The van der Waals surface area contributed by atoms with E-state index < -0.39 is 0 Å². The highest BCUT2D eigenvalue weighted by Gasteiger charge is 1.99. The Hall–Kier alpha value is -0.690. The van der Waals surface area contributed by atoms with Gasteiger partial charge < -0.3 is 5.32 Å². The van der Waals surface area contributed by atoms with Crippen molar-refractivity contribution in [2.45, 2.75) is 6.92 Å². The van der Waals surface area contributed by atoms with Crippen molar-refractivity contribution in [2.24, 2.45) is 0 Å². The quantitative estimate of drug-likeness (QED) is 0.791. The van der Waals surface area contributed by atoms with E-state index in [1.807, 2.05) is 19.1 Å². The van der Waals surface area contributed by atoms with Crippen LogP contribution in [-0.2, 0) is 0 Å². The van der Waals surface area contributed by atoms with Gasteiger partial charge >= 0.3 is 0 Å². The van der Waals surface area contributed by atoms with E-state index in [4.69, 9.17) is 0 Å². The first kappa shape index (κ1) is 11.8. The molecular weight excluding hydrogens is 381 g/mol. The molecule has 16 heavy (non-hydrogen) atoms. The number of hydrogen-bond acceptors (Lipinski definition) is 3. The minimum atomic E-state index is 0.609. The Morgan fingerprint density at radius 2 is 1.88 bits per heavy atom. The van der Waals surface area contributed by atoms with E-state index in [2.05, 4.69) is 59.9 Å². The van der Waals surface area contributed by atoms with Gasteiger partial charge in [0.2, 0.25) is 5.95 Å². The summed E-state index contributed by atoms with van der Waals surface area (Å²) in [5.41, 5.74) is 2.16. The van der Waals surface area contributed by atoms with E-state index in [0.717, 1.165) is 13.7 Å². The van der Waals surface area contributed by atoms with Crippen LogP contribution in [0.2, 0.25) is 0 Å². The van der Waals surface area contributed by atoms with Gasteiger partial charge in [-0.15, -0.1) is 0 Å². The molecule has 1 aromatic carbocycles. The van der Waals surface area contributed by atoms with Gasteiger partial charge in [0, 0.05) is 26.1 Å². The van der Waals surface area contributed by atoms with Crippen LogP contribution < -0.4 is 5.32 Å². The summed E-state index contributed by atoms with van der Waals surface area (Å²) in [6, 6.07) is 6.10. The summed E-state index contributed by atoms with van der Waals surface area (Å²) in [7, 11) is 0. The van der Waals surface area contributed by atoms with Gasteiger partial charge in [0.05, 0.1) is 0 Å². The van der Waals surface area contributed by atoms with Gasteiger partial charge in [-0.25, -0.2) is 9.97 Å². The molecule has 3 nitrogen and oxygen atoms in total. The third-order valence-corrected chi connectivity index (χ3v) is 2.93. The first-order valence-electron chi connectivity index (χ1n) is 4.65. The number of benzene rings is 1.